The number of hydrogen-bond acceptors (Lipinski definition) is 1. The number of amides is 1. The maximum absolute atomic E-state index is 13.8. The third kappa shape index (κ3) is 2.05. The Morgan fingerprint density at radius 3 is 2.05 bits per heavy atom. The lowest BCUT2D eigenvalue weighted by Gasteiger charge is -2.55. The zero-order valence-electron chi connectivity index (χ0n) is 12.2. The fourth-order valence-corrected chi connectivity index (χ4v) is 5.27. The second kappa shape index (κ2) is 4.74. The van der Waals surface area contributed by atoms with Crippen molar-refractivity contribution in [3.8, 4) is 0 Å². The number of carbonyl (C=O) groups is 1. The zero-order valence-corrected chi connectivity index (χ0v) is 12.2. The minimum Gasteiger partial charge on any atom is -0.323 e. The molecule has 0 atom stereocenters. The summed E-state index contributed by atoms with van der Waals surface area (Å²) >= 11 is 0. The highest BCUT2D eigenvalue weighted by molar-refractivity contribution is 5.95. The smallest absolute Gasteiger partial charge is 0.230 e. The van der Waals surface area contributed by atoms with Gasteiger partial charge in [-0.25, -0.2) is 13.2 Å². The van der Waals surface area contributed by atoms with Crippen molar-refractivity contribution >= 4 is 11.6 Å². The van der Waals surface area contributed by atoms with Crippen LogP contribution in [0.5, 0.6) is 0 Å². The fraction of sp³-hybridized carbons (Fsp3) is 0.588. The highest BCUT2D eigenvalue weighted by Crippen LogP contribution is 2.60. The number of nitrogens with one attached hydrogen (secondary N) is 1. The quantitative estimate of drug-likeness (QED) is 0.813. The Hall–Kier alpha value is -1.52. The van der Waals surface area contributed by atoms with E-state index in [2.05, 4.69) is 5.32 Å². The summed E-state index contributed by atoms with van der Waals surface area (Å²) in [6.45, 7) is 0. The molecule has 1 N–H and O–H groups in total. The molecule has 4 aliphatic rings. The van der Waals surface area contributed by atoms with Gasteiger partial charge in [0.1, 0.15) is 0 Å². The molecule has 0 saturated heterocycles. The summed E-state index contributed by atoms with van der Waals surface area (Å²) in [7, 11) is 0. The van der Waals surface area contributed by atoms with Crippen molar-refractivity contribution in [1.82, 2.24) is 0 Å². The first-order valence-corrected chi connectivity index (χ1v) is 7.92. The minimum absolute atomic E-state index is 0.225. The number of rotatable bonds is 2. The van der Waals surface area contributed by atoms with Gasteiger partial charge >= 0.3 is 0 Å². The maximum Gasteiger partial charge on any atom is 0.230 e. The Labute approximate surface area is 127 Å². The molecule has 4 saturated carbocycles. The summed E-state index contributed by atoms with van der Waals surface area (Å²) in [5.41, 5.74) is -0.703. The summed E-state index contributed by atoms with van der Waals surface area (Å²) in [5, 5.41) is 2.51. The number of carbonyl (C=O) groups excluding carboxylic acids is 1. The average Bonchev–Trinajstić information content (AvgIpc) is 2.46. The van der Waals surface area contributed by atoms with E-state index in [0.717, 1.165) is 31.4 Å². The Bertz CT molecular complexity index is 608. The lowest BCUT2D eigenvalue weighted by Crippen LogP contribution is -2.51. The molecule has 2 nitrogen and oxygen atoms in total. The lowest BCUT2D eigenvalue weighted by atomic mass is 9.49. The largest absolute Gasteiger partial charge is 0.323 e. The molecule has 0 aromatic heterocycles. The topological polar surface area (TPSA) is 29.1 Å². The van der Waals surface area contributed by atoms with Gasteiger partial charge in [0.05, 0.1) is 11.1 Å². The normalized spacial score (nSPS) is 35.7. The molecule has 1 amide bonds. The van der Waals surface area contributed by atoms with Crippen LogP contribution in [0, 0.1) is 40.6 Å². The zero-order chi connectivity index (χ0) is 15.5. The van der Waals surface area contributed by atoms with E-state index >= 15 is 0 Å². The van der Waals surface area contributed by atoms with Gasteiger partial charge < -0.3 is 5.32 Å². The van der Waals surface area contributed by atoms with Crippen LogP contribution < -0.4 is 5.32 Å². The van der Waals surface area contributed by atoms with Gasteiger partial charge in [-0.3, -0.25) is 4.79 Å². The van der Waals surface area contributed by atoms with Crippen molar-refractivity contribution in [3.63, 3.8) is 0 Å². The first-order valence-electron chi connectivity index (χ1n) is 7.92. The maximum atomic E-state index is 13.8. The van der Waals surface area contributed by atoms with Crippen molar-refractivity contribution < 1.29 is 18.0 Å². The average molecular weight is 309 g/mol. The standard InChI is InChI=1S/C17H18F3NO/c18-12-1-2-13(15(20)14(12)19)21-16(22)17-6-9-3-10(7-17)5-11(4-9)8-17/h1-2,9-11H,3-8H2,(H,21,22). The summed E-state index contributed by atoms with van der Waals surface area (Å²) in [4.78, 5) is 12.7. The number of benzene rings is 1. The summed E-state index contributed by atoms with van der Waals surface area (Å²) in [5.74, 6) is -2.56. The Morgan fingerprint density at radius 1 is 0.955 bits per heavy atom. The molecule has 22 heavy (non-hydrogen) atoms. The molecule has 1 aromatic carbocycles. The first-order chi connectivity index (χ1) is 10.5. The van der Waals surface area contributed by atoms with E-state index < -0.39 is 22.9 Å². The minimum atomic E-state index is -1.54. The number of anilines is 1. The van der Waals surface area contributed by atoms with Gasteiger partial charge in [-0.15, -0.1) is 0 Å². The molecule has 4 fully saturated rings. The predicted octanol–water partition coefficient (Wildman–Crippen LogP) is 4.26. The summed E-state index contributed by atoms with van der Waals surface area (Å²) in [6.07, 6.45) is 6.13. The molecule has 5 heteroatoms. The van der Waals surface area contributed by atoms with Gasteiger partial charge in [-0.1, -0.05) is 0 Å². The molecule has 1 aromatic rings. The van der Waals surface area contributed by atoms with Crippen LogP contribution in [-0.2, 0) is 4.79 Å². The molecule has 0 unspecified atom stereocenters. The molecular weight excluding hydrogens is 291 g/mol. The van der Waals surface area contributed by atoms with Crippen LogP contribution >= 0.6 is 0 Å². The second-order valence-corrected chi connectivity index (χ2v) is 7.37. The summed E-state index contributed by atoms with van der Waals surface area (Å²) in [6, 6.07) is 1.93. The van der Waals surface area contributed by atoms with E-state index in [4.69, 9.17) is 0 Å². The highest BCUT2D eigenvalue weighted by Gasteiger charge is 2.54. The highest BCUT2D eigenvalue weighted by atomic mass is 19.2. The summed E-state index contributed by atoms with van der Waals surface area (Å²) < 4.78 is 40.1. The Kier molecular flexibility index (Phi) is 3.03. The van der Waals surface area contributed by atoms with Crippen molar-refractivity contribution in [3.05, 3.63) is 29.6 Å². The number of hydrogen-bond donors (Lipinski definition) is 1. The van der Waals surface area contributed by atoms with Gasteiger partial charge in [0.15, 0.2) is 17.5 Å². The van der Waals surface area contributed by atoms with E-state index in [0.29, 0.717) is 17.8 Å². The molecule has 0 radical (unpaired) electrons. The van der Waals surface area contributed by atoms with Crippen molar-refractivity contribution in [2.24, 2.45) is 23.2 Å². The van der Waals surface area contributed by atoms with Crippen LogP contribution in [0.15, 0.2) is 12.1 Å². The number of halogens is 3. The van der Waals surface area contributed by atoms with Gasteiger partial charge in [0.2, 0.25) is 5.91 Å². The van der Waals surface area contributed by atoms with E-state index in [1.54, 1.807) is 0 Å². The predicted molar refractivity (Wildman–Crippen MR) is 75.6 cm³/mol. The first kappa shape index (κ1) is 14.1. The van der Waals surface area contributed by atoms with Crippen molar-refractivity contribution in [2.45, 2.75) is 38.5 Å². The molecule has 118 valence electrons. The molecule has 0 heterocycles. The monoisotopic (exact) mass is 309 g/mol. The van der Waals surface area contributed by atoms with Crippen LogP contribution in [0.3, 0.4) is 0 Å². The van der Waals surface area contributed by atoms with Crippen LogP contribution in [-0.4, -0.2) is 5.91 Å². The van der Waals surface area contributed by atoms with Crippen LogP contribution in [0.2, 0.25) is 0 Å². The fourth-order valence-electron chi connectivity index (χ4n) is 5.27. The molecule has 0 aliphatic heterocycles. The van der Waals surface area contributed by atoms with Crippen LogP contribution in [0.1, 0.15) is 38.5 Å². The van der Waals surface area contributed by atoms with E-state index in [-0.39, 0.29) is 11.6 Å². The Balaban J connectivity index is 1.59. The van der Waals surface area contributed by atoms with Crippen molar-refractivity contribution in [2.75, 3.05) is 5.32 Å². The molecule has 4 aliphatic carbocycles. The molecular formula is C17H18F3NO. The van der Waals surface area contributed by atoms with Crippen LogP contribution in [0.25, 0.3) is 0 Å². The molecule has 5 rings (SSSR count). The van der Waals surface area contributed by atoms with Gasteiger partial charge in [-0.2, -0.15) is 0 Å². The Morgan fingerprint density at radius 2 is 1.50 bits per heavy atom. The second-order valence-electron chi connectivity index (χ2n) is 7.37. The van der Waals surface area contributed by atoms with Gasteiger partial charge in [-0.05, 0) is 68.4 Å². The third-order valence-electron chi connectivity index (χ3n) is 5.80. The lowest BCUT2D eigenvalue weighted by molar-refractivity contribution is -0.140. The SMILES string of the molecule is O=C(Nc1ccc(F)c(F)c1F)C12CC3CC(CC(C3)C1)C2. The molecule has 4 bridgehead atoms. The van der Waals surface area contributed by atoms with E-state index in [9.17, 15) is 18.0 Å². The van der Waals surface area contributed by atoms with Gasteiger partial charge in [0, 0.05) is 0 Å². The van der Waals surface area contributed by atoms with Crippen LogP contribution in [0.4, 0.5) is 18.9 Å². The van der Waals surface area contributed by atoms with E-state index in [1.165, 1.54) is 19.3 Å². The molecule has 0 spiro atoms. The van der Waals surface area contributed by atoms with Gasteiger partial charge in [0.25, 0.3) is 0 Å². The van der Waals surface area contributed by atoms with Crippen molar-refractivity contribution in [1.29, 1.82) is 0 Å². The third-order valence-corrected chi connectivity index (χ3v) is 5.80. The van der Waals surface area contributed by atoms with E-state index in [1.807, 2.05) is 0 Å².